The average molecular weight is 414 g/mol. The molecule has 0 atom stereocenters. The van der Waals surface area contributed by atoms with Crippen LogP contribution in [0.4, 0.5) is 0 Å². The molecule has 6 rings (SSSR count). The van der Waals surface area contributed by atoms with Gasteiger partial charge in [-0.1, -0.05) is 54.6 Å². The van der Waals surface area contributed by atoms with Crippen LogP contribution in [0.3, 0.4) is 0 Å². The van der Waals surface area contributed by atoms with Crippen molar-refractivity contribution in [3.05, 3.63) is 113 Å². The topological polar surface area (TPSA) is 55.0 Å². The van der Waals surface area contributed by atoms with E-state index in [1.165, 1.54) is 0 Å². The van der Waals surface area contributed by atoms with E-state index in [0.29, 0.717) is 17.0 Å². The van der Waals surface area contributed by atoms with Crippen molar-refractivity contribution < 1.29 is 4.74 Å². The van der Waals surface area contributed by atoms with Gasteiger partial charge >= 0.3 is 0 Å². The van der Waals surface area contributed by atoms with Crippen LogP contribution < -0.4 is 10.2 Å². The van der Waals surface area contributed by atoms with E-state index in [2.05, 4.69) is 22.1 Å². The fourth-order valence-electron chi connectivity index (χ4n) is 4.30. The molecule has 0 spiro atoms. The number of hydrogen-bond donors (Lipinski definition) is 1. The second-order valence-corrected chi connectivity index (χ2v) is 7.68. The molecule has 4 heteroatoms. The summed E-state index contributed by atoms with van der Waals surface area (Å²) in [5.41, 5.74) is 2.63. The van der Waals surface area contributed by atoms with Gasteiger partial charge in [0.2, 0.25) is 0 Å². The summed E-state index contributed by atoms with van der Waals surface area (Å²) in [4.78, 5) is 20.6. The molecule has 0 saturated heterocycles. The van der Waals surface area contributed by atoms with Crippen LogP contribution in [0.25, 0.3) is 43.7 Å². The quantitative estimate of drug-likeness (QED) is 0.328. The lowest BCUT2D eigenvalue weighted by molar-refractivity contribution is 0.465. The Labute approximate surface area is 183 Å². The standard InChI is InChI=1S/C28H18N2O2/c31-25-13-6-11-22-20-9-1-2-10-21(20)23-14-15-26(30-28(23)27(22)25)32-19-8-5-7-18(17-19)24-12-3-4-16-29-24/h1-17,30H. The molecule has 2 heterocycles. The first-order valence-corrected chi connectivity index (χ1v) is 10.4. The summed E-state index contributed by atoms with van der Waals surface area (Å²) in [6, 6.07) is 31.1. The second-order valence-electron chi connectivity index (χ2n) is 7.68. The molecular weight excluding hydrogens is 396 g/mol. The van der Waals surface area contributed by atoms with Crippen molar-refractivity contribution in [1.82, 2.24) is 9.97 Å². The van der Waals surface area contributed by atoms with E-state index < -0.39 is 0 Å². The summed E-state index contributed by atoms with van der Waals surface area (Å²) in [5.74, 6) is 1.26. The third-order valence-electron chi connectivity index (χ3n) is 5.73. The highest BCUT2D eigenvalue weighted by molar-refractivity contribution is 6.24. The van der Waals surface area contributed by atoms with Crippen LogP contribution in [0.15, 0.2) is 108 Å². The van der Waals surface area contributed by atoms with Crippen molar-refractivity contribution in [2.45, 2.75) is 0 Å². The molecule has 6 aromatic rings. The molecule has 32 heavy (non-hydrogen) atoms. The largest absolute Gasteiger partial charge is 0.441 e. The maximum atomic E-state index is 12.8. The third kappa shape index (κ3) is 3.01. The maximum absolute atomic E-state index is 12.8. The lowest BCUT2D eigenvalue weighted by Gasteiger charge is -2.12. The Kier molecular flexibility index (Phi) is 4.22. The first-order valence-electron chi connectivity index (χ1n) is 10.4. The molecule has 1 N–H and O–H groups in total. The number of ether oxygens (including phenoxy) is 1. The highest BCUT2D eigenvalue weighted by Gasteiger charge is 2.12. The molecule has 0 aliphatic heterocycles. The van der Waals surface area contributed by atoms with Crippen LogP contribution in [0.1, 0.15) is 0 Å². The Morgan fingerprint density at radius 1 is 0.688 bits per heavy atom. The Balaban J connectivity index is 1.52. The minimum atomic E-state index is -0.0104. The van der Waals surface area contributed by atoms with E-state index in [1.54, 1.807) is 12.3 Å². The lowest BCUT2D eigenvalue weighted by atomic mass is 9.97. The normalized spacial score (nSPS) is 11.2. The predicted molar refractivity (Wildman–Crippen MR) is 129 cm³/mol. The average Bonchev–Trinajstić information content (AvgIpc) is 2.85. The number of benzene rings is 4. The van der Waals surface area contributed by atoms with Gasteiger partial charge in [-0.25, -0.2) is 0 Å². The third-order valence-corrected chi connectivity index (χ3v) is 5.73. The van der Waals surface area contributed by atoms with Crippen molar-refractivity contribution in [1.29, 1.82) is 0 Å². The van der Waals surface area contributed by atoms with E-state index in [1.807, 2.05) is 78.9 Å². The number of nitrogens with zero attached hydrogens (tertiary/aromatic N) is 1. The van der Waals surface area contributed by atoms with E-state index >= 15 is 0 Å². The first kappa shape index (κ1) is 18.3. The van der Waals surface area contributed by atoms with E-state index in [9.17, 15) is 4.79 Å². The monoisotopic (exact) mass is 414 g/mol. The predicted octanol–water partition coefficient (Wildman–Crippen LogP) is 6.69. The first-order chi connectivity index (χ1) is 15.8. The van der Waals surface area contributed by atoms with Crippen LogP contribution in [-0.4, -0.2) is 9.97 Å². The molecule has 0 unspecified atom stereocenters. The van der Waals surface area contributed by atoms with Crippen molar-refractivity contribution >= 4 is 32.4 Å². The van der Waals surface area contributed by atoms with E-state index in [0.717, 1.165) is 38.3 Å². The number of hydrogen-bond acceptors (Lipinski definition) is 3. The fourth-order valence-corrected chi connectivity index (χ4v) is 4.30. The number of nitrogens with one attached hydrogen (secondary N) is 1. The van der Waals surface area contributed by atoms with Crippen LogP contribution in [-0.2, 0) is 0 Å². The smallest absolute Gasteiger partial charge is 0.197 e. The molecule has 152 valence electrons. The maximum Gasteiger partial charge on any atom is 0.197 e. The number of rotatable bonds is 3. The van der Waals surface area contributed by atoms with Gasteiger partial charge in [0.05, 0.1) is 16.6 Å². The lowest BCUT2D eigenvalue weighted by Crippen LogP contribution is -2.01. The van der Waals surface area contributed by atoms with Crippen molar-refractivity contribution in [2.24, 2.45) is 0 Å². The molecule has 4 nitrogen and oxygen atoms in total. The summed E-state index contributed by atoms with van der Waals surface area (Å²) in [7, 11) is 0. The Hall–Kier alpha value is -4.44. The van der Waals surface area contributed by atoms with E-state index in [-0.39, 0.29) is 5.43 Å². The molecule has 4 aromatic carbocycles. The van der Waals surface area contributed by atoms with Gasteiger partial charge in [-0.15, -0.1) is 0 Å². The van der Waals surface area contributed by atoms with Gasteiger partial charge in [-0.2, -0.15) is 0 Å². The molecule has 0 fully saturated rings. The molecule has 0 amide bonds. The summed E-state index contributed by atoms with van der Waals surface area (Å²) in [6.07, 6.45) is 1.77. The van der Waals surface area contributed by atoms with E-state index in [4.69, 9.17) is 4.74 Å². The molecular formula is C28H18N2O2. The minimum Gasteiger partial charge on any atom is -0.441 e. The fraction of sp³-hybridized carbons (Fsp3) is 0. The van der Waals surface area contributed by atoms with Crippen LogP contribution >= 0.6 is 0 Å². The van der Waals surface area contributed by atoms with Gasteiger partial charge in [0.25, 0.3) is 0 Å². The summed E-state index contributed by atoms with van der Waals surface area (Å²) in [5, 5.41) is 4.77. The van der Waals surface area contributed by atoms with Gasteiger partial charge < -0.3 is 9.72 Å². The highest BCUT2D eigenvalue weighted by Crippen LogP contribution is 2.34. The molecule has 0 saturated carbocycles. The second kappa shape index (κ2) is 7.36. The minimum absolute atomic E-state index is 0.0104. The number of H-pyrrole nitrogens is 1. The van der Waals surface area contributed by atoms with Crippen molar-refractivity contribution in [2.75, 3.05) is 0 Å². The zero-order valence-electron chi connectivity index (χ0n) is 17.1. The Bertz CT molecular complexity index is 1670. The number of aromatic nitrogens is 2. The Morgan fingerprint density at radius 3 is 2.31 bits per heavy atom. The molecule has 0 aliphatic rings. The molecule has 2 aromatic heterocycles. The SMILES string of the molecule is O=c1cccc2c3ccccc3c3ccc(Oc4cccc(-c5ccccn5)c4)[nH]c3c12. The number of aromatic amines is 1. The van der Waals surface area contributed by atoms with Crippen molar-refractivity contribution in [3.8, 4) is 22.9 Å². The summed E-state index contributed by atoms with van der Waals surface area (Å²) in [6.45, 7) is 0. The molecule has 0 bridgehead atoms. The zero-order valence-corrected chi connectivity index (χ0v) is 17.1. The highest BCUT2D eigenvalue weighted by atomic mass is 16.5. The summed E-state index contributed by atoms with van der Waals surface area (Å²) < 4.78 is 6.16. The van der Waals surface area contributed by atoms with Gasteiger partial charge in [0, 0.05) is 17.1 Å². The van der Waals surface area contributed by atoms with Crippen molar-refractivity contribution in [3.63, 3.8) is 0 Å². The zero-order chi connectivity index (χ0) is 21.5. The summed E-state index contributed by atoms with van der Waals surface area (Å²) >= 11 is 0. The van der Waals surface area contributed by atoms with Crippen LogP contribution in [0.2, 0.25) is 0 Å². The van der Waals surface area contributed by atoms with Crippen LogP contribution in [0.5, 0.6) is 11.6 Å². The number of pyridine rings is 2. The van der Waals surface area contributed by atoms with Crippen LogP contribution in [0, 0.1) is 0 Å². The van der Waals surface area contributed by atoms with Gasteiger partial charge in [-0.05, 0) is 58.6 Å². The number of fused-ring (bicyclic) bond motifs is 6. The van der Waals surface area contributed by atoms with Gasteiger partial charge in [0.15, 0.2) is 11.3 Å². The molecule has 0 aliphatic carbocycles. The Morgan fingerprint density at radius 2 is 1.47 bits per heavy atom. The van der Waals surface area contributed by atoms with Gasteiger partial charge in [-0.3, -0.25) is 9.78 Å². The molecule has 0 radical (unpaired) electrons. The van der Waals surface area contributed by atoms with Gasteiger partial charge in [0.1, 0.15) is 5.75 Å².